The van der Waals surface area contributed by atoms with Crippen molar-refractivity contribution in [3.63, 3.8) is 0 Å². The molecule has 2 aromatic rings. The highest BCUT2D eigenvalue weighted by Crippen LogP contribution is 2.18. The Hall–Kier alpha value is -2.50. The largest absolute Gasteiger partial charge is 0.325 e. The van der Waals surface area contributed by atoms with E-state index in [0.29, 0.717) is 11.6 Å². The number of rotatable bonds is 3. The van der Waals surface area contributed by atoms with Crippen molar-refractivity contribution in [3.8, 4) is 0 Å². The molecule has 0 spiro atoms. The quantitative estimate of drug-likeness (QED) is 0.663. The first kappa shape index (κ1) is 12.0. The molecule has 0 aliphatic rings. The van der Waals surface area contributed by atoms with Crippen LogP contribution in [0.1, 0.15) is 11.1 Å². The zero-order valence-electron chi connectivity index (χ0n) is 10.0. The van der Waals surface area contributed by atoms with Crippen LogP contribution in [-0.4, -0.2) is 14.9 Å². The Labute approximate surface area is 104 Å². The summed E-state index contributed by atoms with van der Waals surface area (Å²) in [4.78, 5) is 18.2. The number of nitrogens with zero attached hydrogens (tertiary/aromatic N) is 3. The molecule has 2 heterocycles. The minimum Gasteiger partial charge on any atom is -0.325 e. The first-order valence-electron chi connectivity index (χ1n) is 5.37. The van der Waals surface area contributed by atoms with Gasteiger partial charge in [-0.3, -0.25) is 10.1 Å². The predicted molar refractivity (Wildman–Crippen MR) is 67.9 cm³/mol. The molecule has 6 heteroatoms. The molecule has 0 saturated heterocycles. The molecule has 0 amide bonds. The lowest BCUT2D eigenvalue weighted by atomic mass is 10.2. The van der Waals surface area contributed by atoms with Crippen molar-refractivity contribution < 1.29 is 4.92 Å². The van der Waals surface area contributed by atoms with Crippen LogP contribution in [0.5, 0.6) is 0 Å². The molecule has 0 unspecified atom stereocenters. The first-order valence-corrected chi connectivity index (χ1v) is 5.37. The van der Waals surface area contributed by atoms with Crippen molar-refractivity contribution in [2.45, 2.75) is 13.8 Å². The fourth-order valence-corrected chi connectivity index (χ4v) is 1.54. The minimum atomic E-state index is -0.480. The van der Waals surface area contributed by atoms with E-state index in [1.165, 1.54) is 12.3 Å². The number of hydrogen-bond donors (Lipinski definition) is 1. The second-order valence-corrected chi connectivity index (χ2v) is 3.96. The molecule has 0 aromatic carbocycles. The maximum Gasteiger partial charge on any atom is 0.287 e. The minimum absolute atomic E-state index is 0.0332. The fourth-order valence-electron chi connectivity index (χ4n) is 1.54. The summed E-state index contributed by atoms with van der Waals surface area (Å²) in [5, 5.41) is 13.5. The van der Waals surface area contributed by atoms with Gasteiger partial charge >= 0.3 is 0 Å². The van der Waals surface area contributed by atoms with E-state index in [-0.39, 0.29) is 5.69 Å². The standard InChI is InChI=1S/C12H12N4O2/c1-8-5-9(2)12(14-6-8)15-11-4-3-10(7-13-11)16(17)18/h3-7H,1-2H3,(H,13,14,15). The number of pyridine rings is 2. The molecular formula is C12H12N4O2. The number of anilines is 2. The molecule has 0 bridgehead atoms. The number of aromatic nitrogens is 2. The highest BCUT2D eigenvalue weighted by atomic mass is 16.6. The lowest BCUT2D eigenvalue weighted by molar-refractivity contribution is -0.385. The zero-order valence-corrected chi connectivity index (χ0v) is 10.0. The first-order chi connectivity index (χ1) is 8.56. The molecular weight excluding hydrogens is 232 g/mol. The Morgan fingerprint density at radius 2 is 2.00 bits per heavy atom. The monoisotopic (exact) mass is 244 g/mol. The van der Waals surface area contributed by atoms with Crippen LogP contribution in [-0.2, 0) is 0 Å². The molecule has 2 aromatic heterocycles. The normalized spacial score (nSPS) is 10.1. The Bertz CT molecular complexity index is 581. The SMILES string of the molecule is Cc1cnc(Nc2ccc([N+](=O)[O-])cn2)c(C)c1. The molecule has 0 radical (unpaired) electrons. The van der Waals surface area contributed by atoms with Gasteiger partial charge in [-0.05, 0) is 31.0 Å². The molecule has 0 atom stereocenters. The summed E-state index contributed by atoms with van der Waals surface area (Å²) >= 11 is 0. The van der Waals surface area contributed by atoms with Gasteiger partial charge in [0, 0.05) is 12.3 Å². The van der Waals surface area contributed by atoms with Gasteiger partial charge in [0.2, 0.25) is 0 Å². The van der Waals surface area contributed by atoms with Crippen LogP contribution < -0.4 is 5.32 Å². The van der Waals surface area contributed by atoms with Crippen molar-refractivity contribution in [3.05, 3.63) is 51.8 Å². The Balaban J connectivity index is 2.21. The van der Waals surface area contributed by atoms with Gasteiger partial charge in [-0.2, -0.15) is 0 Å². The smallest absolute Gasteiger partial charge is 0.287 e. The van der Waals surface area contributed by atoms with E-state index in [1.807, 2.05) is 19.9 Å². The van der Waals surface area contributed by atoms with Crippen LogP contribution in [0.25, 0.3) is 0 Å². The van der Waals surface area contributed by atoms with Crippen LogP contribution >= 0.6 is 0 Å². The van der Waals surface area contributed by atoms with Crippen LogP contribution in [0.4, 0.5) is 17.3 Å². The van der Waals surface area contributed by atoms with Crippen molar-refractivity contribution in [1.29, 1.82) is 0 Å². The average molecular weight is 244 g/mol. The van der Waals surface area contributed by atoms with Crippen LogP contribution in [0, 0.1) is 24.0 Å². The molecule has 1 N–H and O–H groups in total. The summed E-state index contributed by atoms with van der Waals surface area (Å²) in [6.45, 7) is 3.90. The maximum absolute atomic E-state index is 10.5. The second kappa shape index (κ2) is 4.79. The summed E-state index contributed by atoms with van der Waals surface area (Å²) in [5.74, 6) is 1.22. The summed E-state index contributed by atoms with van der Waals surface area (Å²) < 4.78 is 0. The predicted octanol–water partition coefficient (Wildman–Crippen LogP) is 2.75. The van der Waals surface area contributed by atoms with Crippen LogP contribution in [0.2, 0.25) is 0 Å². The summed E-state index contributed by atoms with van der Waals surface area (Å²) in [6.07, 6.45) is 2.96. The maximum atomic E-state index is 10.5. The summed E-state index contributed by atoms with van der Waals surface area (Å²) in [7, 11) is 0. The van der Waals surface area contributed by atoms with Crippen LogP contribution in [0.3, 0.4) is 0 Å². The Morgan fingerprint density at radius 1 is 1.22 bits per heavy atom. The van der Waals surface area contributed by atoms with E-state index in [2.05, 4.69) is 15.3 Å². The molecule has 2 rings (SSSR count). The molecule has 18 heavy (non-hydrogen) atoms. The van der Waals surface area contributed by atoms with E-state index in [9.17, 15) is 10.1 Å². The van der Waals surface area contributed by atoms with Crippen molar-refractivity contribution in [2.75, 3.05) is 5.32 Å². The average Bonchev–Trinajstić information content (AvgIpc) is 2.33. The van der Waals surface area contributed by atoms with Gasteiger partial charge in [-0.1, -0.05) is 6.07 Å². The van der Waals surface area contributed by atoms with Crippen molar-refractivity contribution in [1.82, 2.24) is 9.97 Å². The van der Waals surface area contributed by atoms with E-state index >= 15 is 0 Å². The van der Waals surface area contributed by atoms with Crippen molar-refractivity contribution in [2.24, 2.45) is 0 Å². The lowest BCUT2D eigenvalue weighted by Gasteiger charge is -2.07. The van der Waals surface area contributed by atoms with E-state index in [1.54, 1.807) is 12.3 Å². The lowest BCUT2D eigenvalue weighted by Crippen LogP contribution is -1.99. The van der Waals surface area contributed by atoms with Gasteiger partial charge in [0.25, 0.3) is 5.69 Å². The summed E-state index contributed by atoms with van der Waals surface area (Å²) in [6, 6.07) is 4.96. The van der Waals surface area contributed by atoms with Gasteiger partial charge in [0.1, 0.15) is 17.8 Å². The Morgan fingerprint density at radius 3 is 2.56 bits per heavy atom. The van der Waals surface area contributed by atoms with E-state index in [0.717, 1.165) is 11.1 Å². The molecule has 0 aliphatic heterocycles. The van der Waals surface area contributed by atoms with Gasteiger partial charge < -0.3 is 5.32 Å². The molecule has 0 aliphatic carbocycles. The summed E-state index contributed by atoms with van der Waals surface area (Å²) in [5.41, 5.74) is 2.04. The highest BCUT2D eigenvalue weighted by molar-refractivity contribution is 5.56. The number of nitro groups is 1. The molecule has 0 saturated carbocycles. The van der Waals surface area contributed by atoms with Gasteiger partial charge in [0.15, 0.2) is 0 Å². The topological polar surface area (TPSA) is 81.0 Å². The van der Waals surface area contributed by atoms with Crippen LogP contribution in [0.15, 0.2) is 30.6 Å². The van der Waals surface area contributed by atoms with Gasteiger partial charge in [0.05, 0.1) is 4.92 Å². The molecule has 0 fully saturated rings. The number of nitrogens with one attached hydrogen (secondary N) is 1. The zero-order chi connectivity index (χ0) is 13.1. The van der Waals surface area contributed by atoms with Crippen molar-refractivity contribution >= 4 is 17.3 Å². The fraction of sp³-hybridized carbons (Fsp3) is 0.167. The van der Waals surface area contributed by atoms with E-state index < -0.39 is 4.92 Å². The van der Waals surface area contributed by atoms with Gasteiger partial charge in [-0.15, -0.1) is 0 Å². The highest BCUT2D eigenvalue weighted by Gasteiger charge is 2.06. The third-order valence-corrected chi connectivity index (χ3v) is 2.42. The second-order valence-electron chi connectivity index (χ2n) is 3.96. The number of hydrogen-bond acceptors (Lipinski definition) is 5. The third kappa shape index (κ3) is 2.60. The third-order valence-electron chi connectivity index (χ3n) is 2.42. The van der Waals surface area contributed by atoms with Gasteiger partial charge in [-0.25, -0.2) is 9.97 Å². The molecule has 92 valence electrons. The Kier molecular flexibility index (Phi) is 3.18. The van der Waals surface area contributed by atoms with E-state index in [4.69, 9.17) is 0 Å². The number of aryl methyl sites for hydroxylation is 2. The molecule has 6 nitrogen and oxygen atoms in total.